The average molecular weight is 269 g/mol. The van der Waals surface area contributed by atoms with E-state index in [1.165, 1.54) is 0 Å². The second kappa shape index (κ2) is 5.96. The van der Waals surface area contributed by atoms with Crippen LogP contribution in [0.1, 0.15) is 5.56 Å². The molecule has 1 aliphatic heterocycles. The highest BCUT2D eigenvalue weighted by Gasteiger charge is 2.52. The van der Waals surface area contributed by atoms with Gasteiger partial charge in [-0.25, -0.2) is 0 Å². The van der Waals surface area contributed by atoms with Gasteiger partial charge in [0.15, 0.2) is 0 Å². The Morgan fingerprint density at radius 2 is 1.89 bits per heavy atom. The van der Waals surface area contributed by atoms with Crippen molar-refractivity contribution in [3.63, 3.8) is 0 Å². The minimum Gasteiger partial charge on any atom is -0.394 e. The first kappa shape index (κ1) is 14.4. The van der Waals surface area contributed by atoms with Crippen LogP contribution in [0.4, 0.5) is 0 Å². The van der Waals surface area contributed by atoms with Crippen molar-refractivity contribution in [1.82, 2.24) is 5.32 Å². The minimum atomic E-state index is -1.89. The molecule has 0 spiro atoms. The van der Waals surface area contributed by atoms with Gasteiger partial charge in [-0.15, -0.1) is 0 Å². The van der Waals surface area contributed by atoms with Crippen molar-refractivity contribution in [2.24, 2.45) is 0 Å². The van der Waals surface area contributed by atoms with Crippen LogP contribution in [0, 0.1) is 0 Å². The lowest BCUT2D eigenvalue weighted by Gasteiger charge is -2.26. The Morgan fingerprint density at radius 1 is 1.21 bits per heavy atom. The van der Waals surface area contributed by atoms with E-state index in [1.54, 1.807) is 0 Å². The van der Waals surface area contributed by atoms with Crippen molar-refractivity contribution in [3.8, 4) is 0 Å². The van der Waals surface area contributed by atoms with Crippen molar-refractivity contribution in [2.45, 2.75) is 30.6 Å². The molecule has 5 N–H and O–H groups in total. The summed E-state index contributed by atoms with van der Waals surface area (Å²) in [6.45, 7) is -0.00500. The molecule has 1 aromatic rings. The number of ether oxygens (including phenoxy) is 1. The van der Waals surface area contributed by atoms with Crippen molar-refractivity contribution in [3.05, 3.63) is 35.9 Å². The molecule has 0 amide bonds. The molecule has 4 atom stereocenters. The summed E-state index contributed by atoms with van der Waals surface area (Å²) in [5, 5.41) is 41.3. The molecule has 0 radical (unpaired) electrons. The van der Waals surface area contributed by atoms with Crippen molar-refractivity contribution in [1.29, 1.82) is 0 Å². The molecular weight excluding hydrogens is 250 g/mol. The van der Waals surface area contributed by atoms with Crippen LogP contribution in [-0.4, -0.2) is 57.7 Å². The van der Waals surface area contributed by atoms with Gasteiger partial charge in [0.2, 0.25) is 5.79 Å². The Morgan fingerprint density at radius 3 is 2.47 bits per heavy atom. The maximum Gasteiger partial charge on any atom is 0.208 e. The Bertz CT molecular complexity index is 401. The molecule has 1 heterocycles. The molecule has 1 aromatic carbocycles. The highest BCUT2D eigenvalue weighted by atomic mass is 16.7. The number of hydrogen-bond acceptors (Lipinski definition) is 6. The number of benzene rings is 1. The van der Waals surface area contributed by atoms with E-state index in [-0.39, 0.29) is 6.54 Å². The van der Waals surface area contributed by atoms with E-state index in [4.69, 9.17) is 9.84 Å². The zero-order valence-corrected chi connectivity index (χ0v) is 10.4. The molecular formula is C13H19NO5. The van der Waals surface area contributed by atoms with Crippen LogP contribution in [0.2, 0.25) is 0 Å². The molecule has 106 valence electrons. The molecule has 0 aromatic heterocycles. The third-order valence-corrected chi connectivity index (χ3v) is 3.25. The van der Waals surface area contributed by atoms with E-state index in [1.807, 2.05) is 30.3 Å². The number of nitrogens with one attached hydrogen (secondary N) is 1. The summed E-state index contributed by atoms with van der Waals surface area (Å²) in [5.41, 5.74) is 1.03. The first-order valence-corrected chi connectivity index (χ1v) is 6.18. The van der Waals surface area contributed by atoms with E-state index in [2.05, 4.69) is 5.32 Å². The van der Waals surface area contributed by atoms with Crippen LogP contribution < -0.4 is 5.32 Å². The lowest BCUT2D eigenvalue weighted by molar-refractivity contribution is -0.226. The Balaban J connectivity index is 1.88. The molecule has 6 heteroatoms. The van der Waals surface area contributed by atoms with Gasteiger partial charge in [-0.1, -0.05) is 30.3 Å². The summed E-state index contributed by atoms with van der Waals surface area (Å²) in [6.07, 6.45) is -3.72. The zero-order valence-electron chi connectivity index (χ0n) is 10.4. The molecule has 1 unspecified atom stereocenters. The average Bonchev–Trinajstić information content (AvgIpc) is 2.65. The fraction of sp³-hybridized carbons (Fsp3) is 0.538. The van der Waals surface area contributed by atoms with Crippen LogP contribution in [0.15, 0.2) is 30.3 Å². The van der Waals surface area contributed by atoms with Gasteiger partial charge in [-0.3, -0.25) is 0 Å². The zero-order chi connectivity index (χ0) is 13.9. The summed E-state index contributed by atoms with van der Waals surface area (Å²) in [5.74, 6) is -1.89. The van der Waals surface area contributed by atoms with Crippen molar-refractivity contribution >= 4 is 0 Å². The molecule has 0 saturated carbocycles. The topological polar surface area (TPSA) is 102 Å². The van der Waals surface area contributed by atoms with Gasteiger partial charge in [-0.05, 0) is 5.56 Å². The van der Waals surface area contributed by atoms with Crippen molar-refractivity contribution in [2.75, 3.05) is 13.2 Å². The number of aliphatic hydroxyl groups is 4. The first-order chi connectivity index (χ1) is 9.07. The maximum atomic E-state index is 10.1. The van der Waals surface area contributed by atoms with Crippen LogP contribution in [-0.2, 0) is 11.3 Å². The van der Waals surface area contributed by atoms with Crippen LogP contribution >= 0.6 is 0 Å². The quantitative estimate of drug-likeness (QED) is 0.449. The normalized spacial score (nSPS) is 34.6. The predicted molar refractivity (Wildman–Crippen MR) is 67.1 cm³/mol. The molecule has 19 heavy (non-hydrogen) atoms. The highest BCUT2D eigenvalue weighted by molar-refractivity contribution is 5.14. The summed E-state index contributed by atoms with van der Waals surface area (Å²) < 4.78 is 5.10. The largest absolute Gasteiger partial charge is 0.394 e. The number of hydrogen-bond donors (Lipinski definition) is 5. The lowest BCUT2D eigenvalue weighted by atomic mass is 10.1. The van der Waals surface area contributed by atoms with Gasteiger partial charge >= 0.3 is 0 Å². The lowest BCUT2D eigenvalue weighted by Crippen LogP contribution is -2.50. The Kier molecular flexibility index (Phi) is 4.51. The minimum absolute atomic E-state index is 0.0450. The first-order valence-electron chi connectivity index (χ1n) is 6.18. The van der Waals surface area contributed by atoms with Crippen LogP contribution in [0.3, 0.4) is 0 Å². The maximum absolute atomic E-state index is 10.1. The van der Waals surface area contributed by atoms with E-state index >= 15 is 0 Å². The second-order valence-electron chi connectivity index (χ2n) is 4.71. The molecule has 0 bridgehead atoms. The van der Waals surface area contributed by atoms with Gasteiger partial charge in [0.1, 0.15) is 18.3 Å². The van der Waals surface area contributed by atoms with Gasteiger partial charge in [-0.2, -0.15) is 0 Å². The summed E-state index contributed by atoms with van der Waals surface area (Å²) >= 11 is 0. The molecule has 6 nitrogen and oxygen atoms in total. The van der Waals surface area contributed by atoms with E-state index in [9.17, 15) is 15.3 Å². The smallest absolute Gasteiger partial charge is 0.208 e. The molecule has 0 aliphatic carbocycles. The molecule has 1 aliphatic rings. The van der Waals surface area contributed by atoms with Crippen LogP contribution in [0.25, 0.3) is 0 Å². The Hall–Kier alpha value is -1.02. The summed E-state index contributed by atoms with van der Waals surface area (Å²) in [4.78, 5) is 0. The van der Waals surface area contributed by atoms with E-state index < -0.39 is 30.7 Å². The molecule has 1 fully saturated rings. The standard InChI is InChI=1S/C13H19NO5/c15-7-10-11(16)12(17)13(18,19-10)8-14-6-9-4-2-1-3-5-9/h1-5,10-12,14-18H,6-8H2/t10-,11-,12+,13?/m1/s1. The van der Waals surface area contributed by atoms with E-state index in [0.717, 1.165) is 5.56 Å². The summed E-state index contributed by atoms with van der Waals surface area (Å²) in [7, 11) is 0. The second-order valence-corrected chi connectivity index (χ2v) is 4.71. The highest BCUT2D eigenvalue weighted by Crippen LogP contribution is 2.28. The van der Waals surface area contributed by atoms with Gasteiger partial charge in [0.05, 0.1) is 13.2 Å². The number of aliphatic hydroxyl groups excluding tert-OH is 3. The fourth-order valence-corrected chi connectivity index (χ4v) is 2.15. The Labute approximate surface area is 111 Å². The van der Waals surface area contributed by atoms with Gasteiger partial charge < -0.3 is 30.5 Å². The van der Waals surface area contributed by atoms with Crippen LogP contribution in [0.5, 0.6) is 0 Å². The fourth-order valence-electron chi connectivity index (χ4n) is 2.15. The molecule has 2 rings (SSSR count). The number of rotatable bonds is 5. The predicted octanol–water partition coefficient (Wildman–Crippen LogP) is -1.42. The molecule has 1 saturated heterocycles. The monoisotopic (exact) mass is 269 g/mol. The third-order valence-electron chi connectivity index (χ3n) is 3.25. The SMILES string of the molecule is OC[C@H]1OC(O)(CNCc2ccccc2)[C@@H](O)[C@@H]1O. The van der Waals surface area contributed by atoms with Gasteiger partial charge in [0.25, 0.3) is 0 Å². The van der Waals surface area contributed by atoms with E-state index in [0.29, 0.717) is 6.54 Å². The van der Waals surface area contributed by atoms with Crippen molar-refractivity contribution < 1.29 is 25.2 Å². The van der Waals surface area contributed by atoms with Gasteiger partial charge in [0, 0.05) is 6.54 Å². The summed E-state index contributed by atoms with van der Waals surface area (Å²) in [6, 6.07) is 9.56. The third kappa shape index (κ3) is 3.11.